The number of hydrogen-bond acceptors (Lipinski definition) is 4. The van der Waals surface area contributed by atoms with E-state index in [1.807, 2.05) is 17.1 Å². The lowest BCUT2D eigenvalue weighted by Crippen LogP contribution is -2.53. The quantitative estimate of drug-likeness (QED) is 0.751. The summed E-state index contributed by atoms with van der Waals surface area (Å²) in [4.78, 5) is 16.4. The van der Waals surface area contributed by atoms with Crippen molar-refractivity contribution in [3.8, 4) is 0 Å². The van der Waals surface area contributed by atoms with Gasteiger partial charge in [0.05, 0.1) is 6.61 Å². The average Bonchev–Trinajstić information content (AvgIpc) is 2.90. The number of hydrogen-bond donors (Lipinski definition) is 1. The molecule has 0 spiro atoms. The summed E-state index contributed by atoms with van der Waals surface area (Å²) in [6, 6.07) is -0.0967. The van der Waals surface area contributed by atoms with Crippen molar-refractivity contribution in [2.45, 2.75) is 6.04 Å². The third kappa shape index (κ3) is 5.28. The van der Waals surface area contributed by atoms with Crippen molar-refractivity contribution in [2.24, 2.45) is 0 Å². The zero-order valence-corrected chi connectivity index (χ0v) is 12.8. The lowest BCUT2D eigenvalue weighted by Gasteiger charge is -2.35. The predicted octanol–water partition coefficient (Wildman–Crippen LogP) is 0.149. The van der Waals surface area contributed by atoms with Gasteiger partial charge in [0.2, 0.25) is 5.91 Å². The summed E-state index contributed by atoms with van der Waals surface area (Å²) in [7, 11) is 1.72. The molecular weight excluding hydrogens is 289 g/mol. The Hall–Kier alpha value is -0.330. The molecule has 0 aliphatic carbocycles. The largest absolute Gasteiger partial charge is 0.383 e. The summed E-state index contributed by atoms with van der Waals surface area (Å²) in [6.45, 7) is 6.09. The molecule has 0 aromatic heterocycles. The van der Waals surface area contributed by atoms with Crippen molar-refractivity contribution in [1.29, 1.82) is 0 Å². The molecule has 19 heavy (non-hydrogen) atoms. The van der Waals surface area contributed by atoms with Crippen molar-refractivity contribution in [1.82, 2.24) is 15.1 Å². The Morgan fingerprint density at radius 2 is 2.00 bits per heavy atom. The first-order chi connectivity index (χ1) is 8.31. The van der Waals surface area contributed by atoms with Crippen LogP contribution in [-0.4, -0.2) is 74.7 Å². The summed E-state index contributed by atoms with van der Waals surface area (Å²) in [6.07, 6.45) is 3.97. The van der Waals surface area contributed by atoms with Crippen LogP contribution in [0.2, 0.25) is 0 Å². The molecule has 1 unspecified atom stereocenters. The van der Waals surface area contributed by atoms with Gasteiger partial charge >= 0.3 is 0 Å². The third-order valence-electron chi connectivity index (χ3n) is 3.35. The van der Waals surface area contributed by atoms with Gasteiger partial charge in [-0.2, -0.15) is 0 Å². The number of rotatable bonds is 4. The van der Waals surface area contributed by atoms with Crippen molar-refractivity contribution in [3.05, 3.63) is 12.2 Å². The highest BCUT2D eigenvalue weighted by molar-refractivity contribution is 5.85. The van der Waals surface area contributed by atoms with Crippen LogP contribution in [0.25, 0.3) is 0 Å². The summed E-state index contributed by atoms with van der Waals surface area (Å²) >= 11 is 0. The standard InChI is InChI=1S/C12H21N3O2.2ClH/c1-17-10-9-14-5-7-15(8-6-14)12(16)11-3-2-4-13-11;;/h2-3,11,13H,4-10H2,1H3;2*1H. The molecule has 1 fully saturated rings. The molecule has 1 saturated heterocycles. The molecule has 1 N–H and O–H groups in total. The normalized spacial score (nSPS) is 22.8. The van der Waals surface area contributed by atoms with Gasteiger partial charge in [-0.15, -0.1) is 24.8 Å². The Labute approximate surface area is 127 Å². The smallest absolute Gasteiger partial charge is 0.243 e. The second-order valence-electron chi connectivity index (χ2n) is 4.47. The van der Waals surface area contributed by atoms with Crippen molar-refractivity contribution < 1.29 is 9.53 Å². The molecule has 2 rings (SSSR count). The Kier molecular flexibility index (Phi) is 9.39. The van der Waals surface area contributed by atoms with Gasteiger partial charge < -0.3 is 9.64 Å². The molecule has 0 aromatic rings. The molecule has 0 bridgehead atoms. The highest BCUT2D eigenvalue weighted by atomic mass is 35.5. The Balaban J connectivity index is 0.00000162. The molecule has 0 aromatic carbocycles. The highest BCUT2D eigenvalue weighted by Crippen LogP contribution is 2.06. The lowest BCUT2D eigenvalue weighted by molar-refractivity contribution is -0.133. The SMILES string of the molecule is COCCN1CCN(C(=O)C2C=CCN2)CC1.Cl.Cl. The number of nitrogens with zero attached hydrogens (tertiary/aromatic N) is 2. The first kappa shape index (κ1) is 18.7. The number of carbonyl (C=O) groups excluding carboxylic acids is 1. The topological polar surface area (TPSA) is 44.8 Å². The maximum absolute atomic E-state index is 12.1. The van der Waals surface area contributed by atoms with Crippen LogP contribution in [-0.2, 0) is 9.53 Å². The van der Waals surface area contributed by atoms with E-state index in [0.29, 0.717) is 0 Å². The van der Waals surface area contributed by atoms with E-state index in [1.54, 1.807) is 7.11 Å². The fourth-order valence-electron chi connectivity index (χ4n) is 2.25. The molecule has 5 nitrogen and oxygen atoms in total. The summed E-state index contributed by atoms with van der Waals surface area (Å²) in [5.41, 5.74) is 0. The fourth-order valence-corrected chi connectivity index (χ4v) is 2.25. The fraction of sp³-hybridized carbons (Fsp3) is 0.750. The molecule has 1 atom stereocenters. The molecule has 0 radical (unpaired) electrons. The number of halogens is 2. The van der Waals surface area contributed by atoms with Gasteiger partial charge in [-0.1, -0.05) is 12.2 Å². The van der Waals surface area contributed by atoms with E-state index in [-0.39, 0.29) is 36.8 Å². The number of nitrogens with one attached hydrogen (secondary N) is 1. The van der Waals surface area contributed by atoms with E-state index in [2.05, 4.69) is 10.2 Å². The number of carbonyl (C=O) groups is 1. The minimum atomic E-state index is -0.0967. The summed E-state index contributed by atoms with van der Waals surface area (Å²) in [5.74, 6) is 0.213. The van der Waals surface area contributed by atoms with Crippen molar-refractivity contribution in [2.75, 3.05) is 53.0 Å². The Morgan fingerprint density at radius 1 is 1.32 bits per heavy atom. The maximum atomic E-state index is 12.1. The molecule has 1 amide bonds. The monoisotopic (exact) mass is 311 g/mol. The second kappa shape index (κ2) is 9.55. The highest BCUT2D eigenvalue weighted by Gasteiger charge is 2.26. The van der Waals surface area contributed by atoms with Gasteiger partial charge in [-0.3, -0.25) is 15.0 Å². The van der Waals surface area contributed by atoms with E-state index in [1.165, 1.54) is 0 Å². The van der Waals surface area contributed by atoms with E-state index in [0.717, 1.165) is 45.9 Å². The number of piperazine rings is 1. The molecule has 112 valence electrons. The van der Waals surface area contributed by atoms with Crippen LogP contribution in [0.15, 0.2) is 12.2 Å². The second-order valence-corrected chi connectivity index (χ2v) is 4.47. The van der Waals surface area contributed by atoms with Crippen LogP contribution < -0.4 is 5.32 Å². The molecule has 0 saturated carbocycles. The van der Waals surface area contributed by atoms with Gasteiger partial charge in [0.15, 0.2) is 0 Å². The van der Waals surface area contributed by atoms with E-state index in [4.69, 9.17) is 4.74 Å². The van der Waals surface area contributed by atoms with Crippen LogP contribution in [0.4, 0.5) is 0 Å². The minimum absolute atomic E-state index is 0. The van der Waals surface area contributed by atoms with Crippen molar-refractivity contribution >= 4 is 30.7 Å². The van der Waals surface area contributed by atoms with Crippen LogP contribution in [0, 0.1) is 0 Å². The predicted molar refractivity (Wildman–Crippen MR) is 80.3 cm³/mol. The van der Waals surface area contributed by atoms with Gasteiger partial charge in [0.1, 0.15) is 6.04 Å². The molecule has 2 heterocycles. The van der Waals surface area contributed by atoms with Crippen molar-refractivity contribution in [3.63, 3.8) is 0 Å². The zero-order chi connectivity index (χ0) is 12.1. The summed E-state index contributed by atoms with van der Waals surface area (Å²) in [5, 5.41) is 3.16. The van der Waals surface area contributed by atoms with Gasteiger partial charge in [0.25, 0.3) is 0 Å². The van der Waals surface area contributed by atoms with Crippen LogP contribution in [0.3, 0.4) is 0 Å². The molecule has 2 aliphatic rings. The first-order valence-electron chi connectivity index (χ1n) is 6.21. The first-order valence-corrected chi connectivity index (χ1v) is 6.21. The Morgan fingerprint density at radius 3 is 2.53 bits per heavy atom. The number of amides is 1. The lowest BCUT2D eigenvalue weighted by atomic mass is 10.2. The summed E-state index contributed by atoms with van der Waals surface area (Å²) < 4.78 is 5.06. The van der Waals surface area contributed by atoms with E-state index < -0.39 is 0 Å². The Bertz CT molecular complexity index is 295. The number of ether oxygens (including phenoxy) is 1. The van der Waals surface area contributed by atoms with Gasteiger partial charge in [-0.05, 0) is 0 Å². The van der Waals surface area contributed by atoms with Crippen LogP contribution >= 0.6 is 24.8 Å². The number of methoxy groups -OCH3 is 1. The van der Waals surface area contributed by atoms with Crippen LogP contribution in [0.5, 0.6) is 0 Å². The van der Waals surface area contributed by atoms with Gasteiger partial charge in [-0.25, -0.2) is 0 Å². The van der Waals surface area contributed by atoms with Gasteiger partial charge in [0, 0.05) is 46.4 Å². The average molecular weight is 312 g/mol. The molecule has 2 aliphatic heterocycles. The maximum Gasteiger partial charge on any atom is 0.243 e. The van der Waals surface area contributed by atoms with E-state index >= 15 is 0 Å². The molecular formula is C12H23Cl2N3O2. The minimum Gasteiger partial charge on any atom is -0.383 e. The van der Waals surface area contributed by atoms with E-state index in [9.17, 15) is 4.79 Å². The van der Waals surface area contributed by atoms with Crippen LogP contribution in [0.1, 0.15) is 0 Å². The molecule has 7 heteroatoms. The zero-order valence-electron chi connectivity index (χ0n) is 11.2. The third-order valence-corrected chi connectivity index (χ3v) is 3.35.